The Hall–Kier alpha value is -3.61. The van der Waals surface area contributed by atoms with E-state index in [4.69, 9.17) is 16.3 Å². The van der Waals surface area contributed by atoms with Crippen LogP contribution in [0.4, 0.5) is 4.79 Å². The molecule has 1 N–H and O–H groups in total. The number of hydrogen-bond donors (Lipinski definition) is 1. The fraction of sp³-hybridized carbons (Fsp3) is 0.107. The van der Waals surface area contributed by atoms with Gasteiger partial charge in [0.1, 0.15) is 11.8 Å². The lowest BCUT2D eigenvalue weighted by Gasteiger charge is -2.15. The van der Waals surface area contributed by atoms with Gasteiger partial charge < -0.3 is 10.1 Å². The Morgan fingerprint density at radius 1 is 0.971 bits per heavy atom. The summed E-state index contributed by atoms with van der Waals surface area (Å²) in [5.74, 6) is -0.00511. The minimum Gasteiger partial charge on any atom is -0.449 e. The SMILES string of the molecule is O=Cc1ccccc1Sc1c(CNC(=O)OCC2c3ccccc3-c3ccccc32)ccnc1Cl. The number of hydrogen-bond acceptors (Lipinski definition) is 5. The molecule has 0 spiro atoms. The molecular formula is C28H21ClN2O3S. The van der Waals surface area contributed by atoms with E-state index in [-0.39, 0.29) is 19.1 Å². The van der Waals surface area contributed by atoms with E-state index in [1.54, 1.807) is 24.4 Å². The van der Waals surface area contributed by atoms with Crippen LogP contribution in [0, 0.1) is 0 Å². The molecule has 5 nitrogen and oxygen atoms in total. The number of ether oxygens (including phenoxy) is 1. The number of carbonyl (C=O) groups excluding carboxylic acids is 2. The van der Waals surface area contributed by atoms with Crippen LogP contribution in [0.15, 0.2) is 94.9 Å². The lowest BCUT2D eigenvalue weighted by molar-refractivity contribution is 0.112. The third-order valence-electron chi connectivity index (χ3n) is 5.97. The number of nitrogens with one attached hydrogen (secondary N) is 1. The topological polar surface area (TPSA) is 68.3 Å². The van der Waals surface area contributed by atoms with Crippen molar-refractivity contribution in [3.05, 3.63) is 112 Å². The Labute approximate surface area is 212 Å². The summed E-state index contributed by atoms with van der Waals surface area (Å²) < 4.78 is 5.63. The Bertz CT molecular complexity index is 1360. The molecule has 7 heteroatoms. The molecule has 5 rings (SSSR count). The number of pyridine rings is 1. The Morgan fingerprint density at radius 3 is 2.34 bits per heavy atom. The number of carbonyl (C=O) groups is 2. The molecule has 0 aliphatic heterocycles. The Morgan fingerprint density at radius 2 is 1.63 bits per heavy atom. The summed E-state index contributed by atoms with van der Waals surface area (Å²) in [6, 6.07) is 25.5. The highest BCUT2D eigenvalue weighted by atomic mass is 35.5. The summed E-state index contributed by atoms with van der Waals surface area (Å²) in [7, 11) is 0. The zero-order valence-corrected chi connectivity index (χ0v) is 20.2. The van der Waals surface area contributed by atoms with Gasteiger partial charge in [0.25, 0.3) is 0 Å². The van der Waals surface area contributed by atoms with Crippen LogP contribution >= 0.6 is 23.4 Å². The molecule has 0 saturated carbocycles. The van der Waals surface area contributed by atoms with E-state index in [9.17, 15) is 9.59 Å². The second kappa shape index (κ2) is 10.3. The fourth-order valence-corrected chi connectivity index (χ4v) is 5.61. The van der Waals surface area contributed by atoms with Crippen molar-refractivity contribution in [2.24, 2.45) is 0 Å². The first-order chi connectivity index (χ1) is 17.2. The van der Waals surface area contributed by atoms with Crippen molar-refractivity contribution in [2.75, 3.05) is 6.61 Å². The highest BCUT2D eigenvalue weighted by molar-refractivity contribution is 7.99. The van der Waals surface area contributed by atoms with Crippen molar-refractivity contribution in [3.8, 4) is 11.1 Å². The molecule has 0 unspecified atom stereocenters. The van der Waals surface area contributed by atoms with E-state index < -0.39 is 6.09 Å². The summed E-state index contributed by atoms with van der Waals surface area (Å²) in [4.78, 5) is 29.6. The van der Waals surface area contributed by atoms with E-state index in [2.05, 4.69) is 34.6 Å². The zero-order chi connectivity index (χ0) is 24.2. The van der Waals surface area contributed by atoms with Crippen molar-refractivity contribution in [1.82, 2.24) is 10.3 Å². The van der Waals surface area contributed by atoms with Gasteiger partial charge in [-0.3, -0.25) is 4.79 Å². The van der Waals surface area contributed by atoms with Gasteiger partial charge in [-0.1, -0.05) is 90.1 Å². The maximum atomic E-state index is 12.6. The first kappa shape index (κ1) is 23.1. The Kier molecular flexibility index (Phi) is 6.84. The number of rotatable bonds is 7. The van der Waals surface area contributed by atoms with Crippen LogP contribution in [0.1, 0.15) is 33.0 Å². The van der Waals surface area contributed by atoms with Crippen LogP contribution < -0.4 is 5.32 Å². The summed E-state index contributed by atoms with van der Waals surface area (Å²) >= 11 is 7.71. The third-order valence-corrected chi connectivity index (χ3v) is 7.62. The fourth-order valence-electron chi connectivity index (χ4n) is 4.30. The molecule has 0 fully saturated rings. The minimum absolute atomic E-state index is 0.00511. The normalized spacial score (nSPS) is 12.0. The van der Waals surface area contributed by atoms with E-state index in [0.29, 0.717) is 15.6 Å². The maximum absolute atomic E-state index is 12.6. The van der Waals surface area contributed by atoms with Crippen LogP contribution in [0.5, 0.6) is 0 Å². The van der Waals surface area contributed by atoms with Crippen LogP contribution in [0.3, 0.4) is 0 Å². The minimum atomic E-state index is -0.510. The standard InChI is InChI=1S/C28H21ClN2O3S/c29-27-26(35-25-12-6-1-7-19(25)16-32)18(13-14-30-27)15-31-28(33)34-17-24-22-10-4-2-8-20(22)21-9-3-5-11-23(21)24/h1-14,16,24H,15,17H2,(H,31,33). The largest absolute Gasteiger partial charge is 0.449 e. The lowest BCUT2D eigenvalue weighted by Crippen LogP contribution is -2.26. The molecule has 0 atom stereocenters. The molecule has 1 aliphatic carbocycles. The van der Waals surface area contributed by atoms with E-state index >= 15 is 0 Å². The molecular weight excluding hydrogens is 480 g/mol. The van der Waals surface area contributed by atoms with Gasteiger partial charge in [0.15, 0.2) is 6.29 Å². The predicted molar refractivity (Wildman–Crippen MR) is 137 cm³/mol. The zero-order valence-electron chi connectivity index (χ0n) is 18.6. The van der Waals surface area contributed by atoms with E-state index in [1.165, 1.54) is 22.9 Å². The summed E-state index contributed by atoms with van der Waals surface area (Å²) in [6.07, 6.45) is 1.89. The smallest absolute Gasteiger partial charge is 0.407 e. The van der Waals surface area contributed by atoms with Crippen molar-refractivity contribution >= 4 is 35.7 Å². The van der Waals surface area contributed by atoms with Gasteiger partial charge in [0, 0.05) is 29.1 Å². The molecule has 3 aromatic carbocycles. The molecule has 1 aromatic heterocycles. The number of aldehydes is 1. The van der Waals surface area contributed by atoms with E-state index in [1.807, 2.05) is 36.4 Å². The molecule has 4 aromatic rings. The molecule has 1 heterocycles. The van der Waals surface area contributed by atoms with Crippen molar-refractivity contribution in [2.45, 2.75) is 22.3 Å². The van der Waals surface area contributed by atoms with Gasteiger partial charge in [-0.2, -0.15) is 0 Å². The van der Waals surface area contributed by atoms with Gasteiger partial charge in [0.05, 0.1) is 4.90 Å². The Balaban J connectivity index is 1.26. The number of aromatic nitrogens is 1. The number of halogens is 1. The summed E-state index contributed by atoms with van der Waals surface area (Å²) in [6.45, 7) is 0.454. The van der Waals surface area contributed by atoms with Crippen molar-refractivity contribution in [3.63, 3.8) is 0 Å². The molecule has 174 valence electrons. The maximum Gasteiger partial charge on any atom is 0.407 e. The number of alkyl carbamates (subject to hydrolysis) is 1. The number of benzene rings is 3. The van der Waals surface area contributed by atoms with Gasteiger partial charge >= 0.3 is 6.09 Å². The second-order valence-corrected chi connectivity index (χ2v) is 9.44. The molecule has 0 saturated heterocycles. The van der Waals surface area contributed by atoms with Crippen LogP contribution in [0.2, 0.25) is 5.15 Å². The second-order valence-electron chi connectivity index (χ2n) is 8.03. The molecule has 0 radical (unpaired) electrons. The number of amides is 1. The van der Waals surface area contributed by atoms with Crippen LogP contribution in [-0.4, -0.2) is 24.0 Å². The molecule has 1 amide bonds. The highest BCUT2D eigenvalue weighted by Crippen LogP contribution is 2.44. The first-order valence-electron chi connectivity index (χ1n) is 11.1. The average Bonchev–Trinajstić information content (AvgIpc) is 3.21. The summed E-state index contributed by atoms with van der Waals surface area (Å²) in [5.41, 5.74) is 6.03. The number of nitrogens with zero attached hydrogens (tertiary/aromatic N) is 1. The monoisotopic (exact) mass is 500 g/mol. The van der Waals surface area contributed by atoms with Crippen LogP contribution in [0.25, 0.3) is 11.1 Å². The molecule has 35 heavy (non-hydrogen) atoms. The summed E-state index contributed by atoms with van der Waals surface area (Å²) in [5, 5.41) is 3.13. The number of fused-ring (bicyclic) bond motifs is 3. The average molecular weight is 501 g/mol. The van der Waals surface area contributed by atoms with Crippen molar-refractivity contribution < 1.29 is 14.3 Å². The first-order valence-corrected chi connectivity index (χ1v) is 12.3. The van der Waals surface area contributed by atoms with Gasteiger partial charge in [-0.15, -0.1) is 0 Å². The van der Waals surface area contributed by atoms with Gasteiger partial charge in [-0.25, -0.2) is 9.78 Å². The van der Waals surface area contributed by atoms with Crippen molar-refractivity contribution in [1.29, 1.82) is 0 Å². The van der Waals surface area contributed by atoms with Gasteiger partial charge in [0.2, 0.25) is 0 Å². The third kappa shape index (κ3) is 4.81. The van der Waals surface area contributed by atoms with Crippen LogP contribution in [-0.2, 0) is 11.3 Å². The highest BCUT2D eigenvalue weighted by Gasteiger charge is 2.29. The lowest BCUT2D eigenvalue weighted by atomic mass is 9.98. The molecule has 1 aliphatic rings. The predicted octanol–water partition coefficient (Wildman–Crippen LogP) is 6.74. The van der Waals surface area contributed by atoms with Gasteiger partial charge in [-0.05, 0) is 39.9 Å². The van der Waals surface area contributed by atoms with E-state index in [0.717, 1.165) is 27.9 Å². The molecule has 0 bridgehead atoms. The quantitative estimate of drug-likeness (QED) is 0.225.